The lowest BCUT2D eigenvalue weighted by molar-refractivity contribution is -0.147. The Labute approximate surface area is 760 Å². The Bertz CT molecular complexity index is 5830. The second-order valence-corrected chi connectivity index (χ2v) is 40.9. The highest BCUT2D eigenvalue weighted by atomic mass is 32.2. The summed E-state index contributed by atoms with van der Waals surface area (Å²) in [6.45, 7) is 7.87. The van der Waals surface area contributed by atoms with Crippen LogP contribution in [0.25, 0.3) is 22.1 Å². The fourth-order valence-electron chi connectivity index (χ4n) is 17.7. The van der Waals surface area contributed by atoms with Gasteiger partial charge in [-0.15, -0.1) is 0 Å². The number of imidazole rings is 2. The number of primary sulfonamides is 1. The van der Waals surface area contributed by atoms with E-state index in [4.69, 9.17) is 23.7 Å². The number of nitrogens with zero attached hydrogens (tertiary/aromatic N) is 14. The van der Waals surface area contributed by atoms with Crippen molar-refractivity contribution in [1.82, 2.24) is 68.8 Å². The highest BCUT2D eigenvalue weighted by Crippen LogP contribution is 2.59. The lowest BCUT2D eigenvalue weighted by atomic mass is 9.90. The van der Waals surface area contributed by atoms with E-state index in [9.17, 15) is 82.7 Å². The number of aliphatic carboxylic acids is 1. The molecule has 3 amide bonds. The Morgan fingerprint density at radius 3 is 1.45 bits per heavy atom. The van der Waals surface area contributed by atoms with Crippen LogP contribution in [0.1, 0.15) is 233 Å². The van der Waals surface area contributed by atoms with Gasteiger partial charge in [0.25, 0.3) is 11.8 Å². The number of hydrogen-bond donors (Lipinski definition) is 3. The number of nitrogens with one attached hydrogen (secondary N) is 1. The molecule has 3 saturated heterocycles. The van der Waals surface area contributed by atoms with Crippen LogP contribution < -0.4 is 19.3 Å². The zero-order valence-electron chi connectivity index (χ0n) is 74.0. The molecule has 7 fully saturated rings. The number of amides is 3. The summed E-state index contributed by atoms with van der Waals surface area (Å²) in [6, 6.07) is 13.4. The van der Waals surface area contributed by atoms with Crippen molar-refractivity contribution in [2.75, 3.05) is 32.7 Å². The fraction of sp³-hybridized carbons (Fsp3) is 0.543. The van der Waals surface area contributed by atoms with Crippen molar-refractivity contribution in [3.05, 3.63) is 158 Å². The molecule has 0 radical (unpaired) electrons. The van der Waals surface area contributed by atoms with E-state index in [1.165, 1.54) is 107 Å². The monoisotopic (exact) mass is 1870 g/mol. The number of carbonyl (C=O) groups excluding carboxylic acids is 8. The molecular weight excluding hydrogens is 1760 g/mol. The van der Waals surface area contributed by atoms with Crippen molar-refractivity contribution in [3.8, 4) is 11.8 Å². The number of hydrogen-bond acceptors (Lipinski definition) is 27. The number of nitrogens with two attached hydrogens (primary N) is 1. The first-order chi connectivity index (χ1) is 62.9. The number of rotatable bonds is 17. The molecular formula is C92H110F4N16O18S2. The minimum absolute atomic E-state index is 0.0599. The maximum absolute atomic E-state index is 14.9. The Morgan fingerprint density at radius 2 is 1.03 bits per heavy atom. The van der Waals surface area contributed by atoms with Crippen LogP contribution in [0.4, 0.5) is 22.4 Å². The molecule has 0 bridgehead atoms. The largest absolute Gasteiger partial charge is 0.481 e. The van der Waals surface area contributed by atoms with Gasteiger partial charge in [-0.25, -0.2) is 56.7 Å². The summed E-state index contributed by atoms with van der Waals surface area (Å²) in [5.74, 6) is -13.2. The van der Waals surface area contributed by atoms with Crippen molar-refractivity contribution in [2.45, 2.75) is 247 Å². The van der Waals surface area contributed by atoms with Gasteiger partial charge in [-0.1, -0.05) is 91.0 Å². The summed E-state index contributed by atoms with van der Waals surface area (Å²) in [5.41, 5.74) is -2.73. The molecule has 10 atom stereocenters. The van der Waals surface area contributed by atoms with E-state index < -0.39 is 158 Å². The summed E-state index contributed by atoms with van der Waals surface area (Å²) in [5, 5.41) is 22.4. The van der Waals surface area contributed by atoms with Crippen LogP contribution in [0.15, 0.2) is 149 Å². The molecule has 4 aliphatic carbocycles. The van der Waals surface area contributed by atoms with E-state index in [1.807, 2.05) is 24.3 Å². The molecule has 706 valence electrons. The van der Waals surface area contributed by atoms with Gasteiger partial charge in [0.15, 0.2) is 34.5 Å². The highest BCUT2D eigenvalue weighted by molar-refractivity contribution is 7.91. The average molecular weight is 1870 g/mol. The number of fused-ring (bicyclic) bond motifs is 7. The second kappa shape index (κ2) is 40.4. The fourth-order valence-corrected chi connectivity index (χ4v) is 19.7. The number of carboxylic acids is 1. The quantitative estimate of drug-likeness (QED) is 0.0433. The number of benzene rings is 2. The Kier molecular flexibility index (Phi) is 29.5. The third kappa shape index (κ3) is 23.0. The molecule has 0 unspecified atom stereocenters. The summed E-state index contributed by atoms with van der Waals surface area (Å²) < 4.78 is 132. The van der Waals surface area contributed by atoms with Gasteiger partial charge in [0.2, 0.25) is 49.5 Å². The van der Waals surface area contributed by atoms with Gasteiger partial charge in [0.1, 0.15) is 48.8 Å². The van der Waals surface area contributed by atoms with E-state index in [1.54, 1.807) is 87.2 Å². The van der Waals surface area contributed by atoms with Crippen molar-refractivity contribution in [3.63, 3.8) is 0 Å². The molecule has 8 aromatic rings. The number of ketones is 4. The molecule has 132 heavy (non-hydrogen) atoms. The predicted molar refractivity (Wildman–Crippen MR) is 471 cm³/mol. The van der Waals surface area contributed by atoms with Crippen molar-refractivity contribution in [2.24, 2.45) is 44.6 Å². The number of alkyl halides is 4. The van der Waals surface area contributed by atoms with Gasteiger partial charge in [-0.3, -0.25) is 57.2 Å². The van der Waals surface area contributed by atoms with Crippen LogP contribution in [0.2, 0.25) is 0 Å². The summed E-state index contributed by atoms with van der Waals surface area (Å²) in [7, 11) is -7.24. The molecule has 6 aromatic heterocycles. The van der Waals surface area contributed by atoms with E-state index in [2.05, 4.69) is 54.8 Å². The SMILES string of the molecule is C1CCC2=NCCCN2CC1.CC(F)(F)c1nc2ccccc2nc1O[C@@H]1C[C@H]2C(=O)C[C@]3(C(=O)NS(=O)(=O)C4(C)CC4)C[C@H]3/C=C\CCCCC[C@H](CC(=O)c3ccon3)C(=O)N2C1.CC(F)(F)c1nc2ccccc2nc1O[C@@H]1C[C@H]2C(=O)C[C@]3(C(=O)O)C[C@H]3/C=C\CCCCC[C@H](CC(=O)c3ccon3)C(=O)N2C1.CC1(S(N)(=O)=O)CC1.O=C(n1ccnc1)n1ccnc1. The smallest absolute Gasteiger partial charge is 0.338 e. The number of halogens is 4. The zero-order chi connectivity index (χ0) is 94.1. The third-order valence-electron chi connectivity index (χ3n) is 26.5. The number of aromatic nitrogens is 10. The van der Waals surface area contributed by atoms with Crippen LogP contribution in [-0.4, -0.2) is 211 Å². The summed E-state index contributed by atoms with van der Waals surface area (Å²) in [6.07, 6.45) is 32.1. The molecule has 4 N–H and O–H groups in total. The topological polar surface area (TPSA) is 460 Å². The molecule has 34 nitrogen and oxygen atoms in total. The first kappa shape index (κ1) is 96.4. The van der Waals surface area contributed by atoms with E-state index in [0.717, 1.165) is 51.5 Å². The Hall–Kier alpha value is -11.7. The van der Waals surface area contributed by atoms with Crippen LogP contribution in [0.5, 0.6) is 11.8 Å². The van der Waals surface area contributed by atoms with Crippen molar-refractivity contribution < 1.29 is 101 Å². The molecule has 0 spiro atoms. The second-order valence-electron chi connectivity index (χ2n) is 36.6. The lowest BCUT2D eigenvalue weighted by Gasteiger charge is -2.29. The predicted octanol–water partition coefficient (Wildman–Crippen LogP) is 13.1. The third-order valence-corrected chi connectivity index (χ3v) is 30.5. The minimum Gasteiger partial charge on any atom is -0.481 e. The summed E-state index contributed by atoms with van der Waals surface area (Å²) >= 11 is 0. The Morgan fingerprint density at radius 1 is 0.583 bits per heavy atom. The van der Waals surface area contributed by atoms with Crippen LogP contribution >= 0.6 is 0 Å². The number of allylic oxidation sites excluding steroid dienone is 4. The van der Waals surface area contributed by atoms with Gasteiger partial charge in [0.05, 0.1) is 73.4 Å². The molecule has 2 aromatic carbocycles. The minimum atomic E-state index is -4.01. The zero-order valence-corrected chi connectivity index (χ0v) is 75.6. The molecule has 6 aliphatic heterocycles. The number of sulfonamides is 2. The van der Waals surface area contributed by atoms with Crippen LogP contribution in [-0.2, 0) is 60.7 Å². The van der Waals surface area contributed by atoms with Crippen LogP contribution in [0, 0.1) is 34.5 Å². The maximum atomic E-state index is 14.9. The average Bonchev–Trinajstić information content (AvgIpc) is 1.56. The number of carbonyl (C=O) groups is 9. The first-order valence-electron chi connectivity index (χ1n) is 45.0. The standard InChI is InChI=1S/C38H43F2N5O8S.C34H36F2N4O7.C9H16N2.C7H6N4O.C4H9NO2S/c1-36(15-16-36)54(50,51)44-35(49)38-20-24(38)11-7-5-3-4-6-10-23(18-30(46)28-14-17-52-43-28)34(48)45-22-25(19-29(45)31(47)21-38)53-33-32(37(2,39)40)41-26-12-8-9-13-27(26)42-33;1-33(35,36)29-30(38-24-12-8-7-11-23(24)37-29)47-22-16-26-28(42)18-34(32(44)45)17-21(34)10-6-4-2-3-5-9-20(31(43)40(26)19-22)15-27(41)25-13-14-46-39-25;1-2-5-9-10-6-4-8-11(9)7-3-1;12-7(10-3-1-8-5-10)11-4-2-9-6-11;1-4(2-3-4)8(5,6)7/h7-9,11-14,17,23-25,29H,3-6,10,15-16,18-22H2,1-2H3,(H,44,49);6-8,10-14,20-22,26H,2-5,9,15-19H2,1H3,(H,44,45);1-8H2;1-6H;2-3H2,1H3,(H2,5,6,7)/b11-7-;10-6-;;;/t23-,24-,25-,29+,38-;20-,21-,22-,26+,34-;;;/m11.../s1. The number of carboxylic acid groups (broad SMARTS) is 1. The number of amidine groups is 1. The summed E-state index contributed by atoms with van der Waals surface area (Å²) in [4.78, 5) is 155. The van der Waals surface area contributed by atoms with Crippen molar-refractivity contribution in [1.29, 1.82) is 0 Å². The van der Waals surface area contributed by atoms with Gasteiger partial charge in [-0.05, 0) is 146 Å². The number of ether oxygens (including phenoxy) is 2. The highest BCUT2D eigenvalue weighted by Gasteiger charge is 2.64. The lowest BCUT2D eigenvalue weighted by Crippen LogP contribution is -2.47. The Balaban J connectivity index is 0.000000160. The molecule has 40 heteroatoms. The van der Waals surface area contributed by atoms with Crippen LogP contribution in [0.3, 0.4) is 0 Å². The number of para-hydroxylation sites is 4. The van der Waals surface area contributed by atoms with E-state index in [0.29, 0.717) is 76.2 Å². The molecule has 12 heterocycles. The van der Waals surface area contributed by atoms with Crippen molar-refractivity contribution >= 4 is 101 Å². The molecule has 10 aliphatic rings. The van der Waals surface area contributed by atoms with E-state index >= 15 is 0 Å². The normalized spacial score (nSPS) is 25.9. The maximum Gasteiger partial charge on any atom is 0.338 e. The van der Waals surface area contributed by atoms with Gasteiger partial charge in [-0.2, -0.15) is 17.6 Å². The van der Waals surface area contributed by atoms with Gasteiger partial charge in [0, 0.05) is 127 Å². The molecule has 4 saturated carbocycles. The van der Waals surface area contributed by atoms with E-state index in [-0.39, 0.29) is 98.2 Å². The molecule has 18 rings (SSSR count). The van der Waals surface area contributed by atoms with Gasteiger partial charge < -0.3 is 38.3 Å². The van der Waals surface area contributed by atoms with Gasteiger partial charge >= 0.3 is 12.0 Å². The number of Topliss-reactive ketones (excluding diaryl/α,β-unsaturated/α-hetero) is 4. The first-order valence-corrected chi connectivity index (χ1v) is 48.0. The number of aliphatic imine (C=N–C) groups is 1.